The maximum atomic E-state index is 16.1. The average molecular weight is 671 g/mol. The van der Waals surface area contributed by atoms with Crippen LogP contribution in [0.2, 0.25) is 0 Å². The summed E-state index contributed by atoms with van der Waals surface area (Å²) in [6, 6.07) is 52.3. The quantitative estimate of drug-likeness (QED) is 0.167. The van der Waals surface area contributed by atoms with E-state index in [-0.39, 0.29) is 11.6 Å². The molecule has 2 atom stereocenters. The predicted molar refractivity (Wildman–Crippen MR) is 201 cm³/mol. The van der Waals surface area contributed by atoms with Crippen LogP contribution in [-0.2, 0) is 15.4 Å². The summed E-state index contributed by atoms with van der Waals surface area (Å²) in [7, 11) is -3.50. The summed E-state index contributed by atoms with van der Waals surface area (Å²) in [5, 5.41) is 2.03. The van der Waals surface area contributed by atoms with Crippen LogP contribution in [0.1, 0.15) is 47.2 Å². The number of benzene rings is 7. The van der Waals surface area contributed by atoms with Crippen molar-refractivity contribution in [1.29, 1.82) is 0 Å². The van der Waals surface area contributed by atoms with Crippen LogP contribution < -0.4 is 15.9 Å². The van der Waals surface area contributed by atoms with Gasteiger partial charge in [0.15, 0.2) is 7.14 Å². The van der Waals surface area contributed by atoms with Crippen molar-refractivity contribution in [3.63, 3.8) is 0 Å². The van der Waals surface area contributed by atoms with Crippen molar-refractivity contribution >= 4 is 23.1 Å². The Bertz CT molecular complexity index is 2360. The highest BCUT2D eigenvalue weighted by Gasteiger charge is 2.44. The van der Waals surface area contributed by atoms with Gasteiger partial charge in [-0.15, -0.1) is 0 Å². The standard InChI is InChI=1S/C46H33F2OP/c1-45(30-12-6-3-7-13-30)41-22-18-32(47)26-37(41)39-28-35(20-24-43(39)45)50(49,34-16-10-5-11-17-34)36-21-25-44-40(29-36)38-27-33(48)19-23-42(38)46(44,2)31-14-8-4-9-15-31/h3-29H,1-2H3. The molecule has 242 valence electrons. The van der Waals surface area contributed by atoms with E-state index >= 15 is 4.57 Å². The van der Waals surface area contributed by atoms with Gasteiger partial charge in [-0.1, -0.05) is 127 Å². The molecule has 2 unspecified atom stereocenters. The van der Waals surface area contributed by atoms with Crippen LogP contribution in [-0.4, -0.2) is 0 Å². The number of hydrogen-bond acceptors (Lipinski definition) is 1. The summed E-state index contributed by atoms with van der Waals surface area (Å²) in [5.41, 5.74) is 8.69. The van der Waals surface area contributed by atoms with Gasteiger partial charge in [-0.3, -0.25) is 0 Å². The Morgan fingerprint density at radius 1 is 0.400 bits per heavy atom. The van der Waals surface area contributed by atoms with Crippen molar-refractivity contribution in [3.05, 3.63) is 209 Å². The fourth-order valence-electron chi connectivity index (χ4n) is 8.66. The molecule has 7 aromatic carbocycles. The van der Waals surface area contributed by atoms with Gasteiger partial charge in [-0.2, -0.15) is 0 Å². The molecule has 0 radical (unpaired) electrons. The third kappa shape index (κ3) is 4.20. The lowest BCUT2D eigenvalue weighted by molar-refractivity contribution is 0.592. The van der Waals surface area contributed by atoms with E-state index in [9.17, 15) is 8.78 Å². The first kappa shape index (κ1) is 30.7. The van der Waals surface area contributed by atoms with Crippen LogP contribution in [0.15, 0.2) is 164 Å². The van der Waals surface area contributed by atoms with Gasteiger partial charge in [-0.05, 0) is 106 Å². The smallest absolute Gasteiger partial charge is 0.171 e. The van der Waals surface area contributed by atoms with Crippen LogP contribution >= 0.6 is 7.14 Å². The van der Waals surface area contributed by atoms with Crippen LogP contribution in [0, 0.1) is 11.6 Å². The maximum Gasteiger partial charge on any atom is 0.171 e. The first-order valence-electron chi connectivity index (χ1n) is 16.9. The summed E-state index contributed by atoms with van der Waals surface area (Å²) in [4.78, 5) is 0. The summed E-state index contributed by atoms with van der Waals surface area (Å²) in [6.07, 6.45) is 0. The van der Waals surface area contributed by atoms with Crippen molar-refractivity contribution in [3.8, 4) is 22.3 Å². The second-order valence-electron chi connectivity index (χ2n) is 13.8. The van der Waals surface area contributed by atoms with Crippen molar-refractivity contribution < 1.29 is 13.3 Å². The number of fused-ring (bicyclic) bond motifs is 6. The number of halogens is 2. The second-order valence-corrected chi connectivity index (χ2v) is 16.5. The van der Waals surface area contributed by atoms with E-state index in [0.717, 1.165) is 55.6 Å². The Labute approximate surface area is 291 Å². The van der Waals surface area contributed by atoms with Crippen LogP contribution in [0.4, 0.5) is 8.78 Å². The largest absolute Gasteiger partial charge is 0.309 e. The molecule has 0 heterocycles. The molecule has 2 aliphatic carbocycles. The van der Waals surface area contributed by atoms with E-state index in [2.05, 4.69) is 50.2 Å². The Hall–Kier alpha value is -5.37. The van der Waals surface area contributed by atoms with Crippen LogP contribution in [0.25, 0.3) is 22.3 Å². The van der Waals surface area contributed by atoms with Gasteiger partial charge in [0.05, 0.1) is 0 Å². The van der Waals surface area contributed by atoms with Gasteiger partial charge >= 0.3 is 0 Å². The van der Waals surface area contributed by atoms with Gasteiger partial charge in [0, 0.05) is 26.7 Å². The van der Waals surface area contributed by atoms with Gasteiger partial charge in [0.25, 0.3) is 0 Å². The third-order valence-electron chi connectivity index (χ3n) is 11.3. The second kappa shape index (κ2) is 11.1. The molecule has 0 bridgehead atoms. The molecule has 7 aromatic rings. The molecule has 0 spiro atoms. The molecule has 0 N–H and O–H groups in total. The summed E-state index contributed by atoms with van der Waals surface area (Å²) >= 11 is 0. The molecule has 9 rings (SSSR count). The van der Waals surface area contributed by atoms with Gasteiger partial charge < -0.3 is 4.57 Å². The Balaban J connectivity index is 1.28. The highest BCUT2D eigenvalue weighted by atomic mass is 31.2. The van der Waals surface area contributed by atoms with Crippen LogP contribution in [0.3, 0.4) is 0 Å². The normalized spacial score (nSPS) is 19.6. The number of rotatable bonds is 5. The van der Waals surface area contributed by atoms with E-state index in [1.807, 2.05) is 103 Å². The van der Waals surface area contributed by atoms with Crippen molar-refractivity contribution in [1.82, 2.24) is 0 Å². The minimum Gasteiger partial charge on any atom is -0.309 e. The average Bonchev–Trinajstić information content (AvgIpc) is 3.57. The van der Waals surface area contributed by atoms with E-state index < -0.39 is 18.0 Å². The molecule has 0 aromatic heterocycles. The van der Waals surface area contributed by atoms with Gasteiger partial charge in [0.2, 0.25) is 0 Å². The maximum absolute atomic E-state index is 16.1. The molecule has 0 aliphatic heterocycles. The van der Waals surface area contributed by atoms with Gasteiger partial charge in [-0.25, -0.2) is 8.78 Å². The first-order chi connectivity index (χ1) is 24.2. The zero-order valence-corrected chi connectivity index (χ0v) is 28.6. The molecule has 1 nitrogen and oxygen atoms in total. The highest BCUT2D eigenvalue weighted by molar-refractivity contribution is 7.85. The van der Waals surface area contributed by atoms with E-state index in [0.29, 0.717) is 15.9 Å². The predicted octanol–water partition coefficient (Wildman–Crippen LogP) is 10.3. The lowest BCUT2D eigenvalue weighted by Crippen LogP contribution is -2.27. The molecule has 0 saturated heterocycles. The lowest BCUT2D eigenvalue weighted by atomic mass is 9.74. The summed E-state index contributed by atoms with van der Waals surface area (Å²) < 4.78 is 46.0. The molecule has 4 heteroatoms. The monoisotopic (exact) mass is 670 g/mol. The molecule has 2 aliphatic rings. The third-order valence-corrected chi connectivity index (χ3v) is 14.3. The van der Waals surface area contributed by atoms with E-state index in [1.165, 1.54) is 12.1 Å². The van der Waals surface area contributed by atoms with Crippen molar-refractivity contribution in [2.75, 3.05) is 0 Å². The van der Waals surface area contributed by atoms with E-state index in [4.69, 9.17) is 0 Å². The first-order valence-corrected chi connectivity index (χ1v) is 18.6. The van der Waals surface area contributed by atoms with Gasteiger partial charge in [0.1, 0.15) is 11.6 Å². The number of hydrogen-bond donors (Lipinski definition) is 0. The highest BCUT2D eigenvalue weighted by Crippen LogP contribution is 2.56. The fourth-order valence-corrected chi connectivity index (χ4v) is 11.3. The minimum atomic E-state index is -3.50. The molecule has 0 saturated carbocycles. The minimum absolute atomic E-state index is 0.311. The lowest BCUT2D eigenvalue weighted by Gasteiger charge is -2.29. The van der Waals surface area contributed by atoms with E-state index in [1.54, 1.807) is 12.1 Å². The van der Waals surface area contributed by atoms with Crippen molar-refractivity contribution in [2.24, 2.45) is 0 Å². The molecular formula is C46H33F2OP. The zero-order chi connectivity index (χ0) is 34.3. The Morgan fingerprint density at radius 3 is 1.14 bits per heavy atom. The van der Waals surface area contributed by atoms with Crippen LogP contribution in [0.5, 0.6) is 0 Å². The molecule has 0 fully saturated rings. The molecular weight excluding hydrogens is 637 g/mol. The fraction of sp³-hybridized carbons (Fsp3) is 0.0870. The topological polar surface area (TPSA) is 17.1 Å². The Morgan fingerprint density at radius 2 is 0.740 bits per heavy atom. The summed E-state index contributed by atoms with van der Waals surface area (Å²) in [6.45, 7) is 4.37. The summed E-state index contributed by atoms with van der Waals surface area (Å²) in [5.74, 6) is -0.621. The SMILES string of the molecule is CC1(c2ccccc2)c2ccc(F)cc2-c2cc(P(=O)(c3ccccc3)c3ccc4c(c3)-c3cc(F)ccc3C4(C)c3ccccc3)ccc21. The Kier molecular flexibility index (Phi) is 6.79. The van der Waals surface area contributed by atoms with Crippen molar-refractivity contribution in [2.45, 2.75) is 24.7 Å². The molecule has 0 amide bonds. The molecule has 50 heavy (non-hydrogen) atoms. The zero-order valence-electron chi connectivity index (χ0n) is 27.7.